The van der Waals surface area contributed by atoms with E-state index in [0.717, 1.165) is 59.9 Å². The molecule has 2 aliphatic rings. The minimum absolute atomic E-state index is 0.0217. The van der Waals surface area contributed by atoms with E-state index in [0.29, 0.717) is 41.8 Å². The Balaban J connectivity index is 1.36. The quantitative estimate of drug-likeness (QED) is 0.347. The molecule has 38 heavy (non-hydrogen) atoms. The lowest BCUT2D eigenvalue weighted by molar-refractivity contribution is 0.140. The van der Waals surface area contributed by atoms with Crippen LogP contribution >= 0.6 is 0 Å². The highest BCUT2D eigenvalue weighted by atomic mass is 19.1. The number of halogens is 1. The molecule has 0 bridgehead atoms. The van der Waals surface area contributed by atoms with E-state index in [1.54, 1.807) is 0 Å². The first kappa shape index (κ1) is 22.9. The predicted octanol–water partition coefficient (Wildman–Crippen LogP) is 5.04. The number of hydrogen-bond donors (Lipinski definition) is 2. The Morgan fingerprint density at radius 2 is 1.71 bits per heavy atom. The van der Waals surface area contributed by atoms with Crippen molar-refractivity contribution in [2.75, 3.05) is 19.6 Å². The normalized spacial score (nSPS) is 15.9. The molecule has 2 aromatic carbocycles. The molecule has 0 spiro atoms. The average molecular weight is 513 g/mol. The van der Waals surface area contributed by atoms with Gasteiger partial charge in [-0.25, -0.2) is 9.18 Å². The second-order valence-corrected chi connectivity index (χ2v) is 10.4. The van der Waals surface area contributed by atoms with Crippen LogP contribution < -0.4 is 5.56 Å². The summed E-state index contributed by atoms with van der Waals surface area (Å²) in [5, 5.41) is 7.56. The van der Waals surface area contributed by atoms with Crippen LogP contribution in [-0.2, 0) is 20.1 Å². The molecule has 7 rings (SSSR count). The summed E-state index contributed by atoms with van der Waals surface area (Å²) in [6.45, 7) is 2.98. The Morgan fingerprint density at radius 1 is 0.895 bits per heavy atom. The topological polar surface area (TPSA) is 82.1 Å². The number of aryl methyl sites for hydroxylation is 1. The van der Waals surface area contributed by atoms with Gasteiger partial charge in [-0.2, -0.15) is 0 Å². The number of aromatic nitrogens is 4. The molecule has 2 aliphatic heterocycles. The number of fused-ring (bicyclic) bond motifs is 1. The van der Waals surface area contributed by atoms with Crippen LogP contribution in [0.15, 0.2) is 53.6 Å². The van der Waals surface area contributed by atoms with E-state index in [4.69, 9.17) is 0 Å². The monoisotopic (exact) mass is 512 g/mol. The molecule has 2 amide bonds. The van der Waals surface area contributed by atoms with Crippen molar-refractivity contribution in [3.8, 4) is 22.4 Å². The predicted molar refractivity (Wildman–Crippen MR) is 145 cm³/mol. The van der Waals surface area contributed by atoms with E-state index in [9.17, 15) is 9.59 Å². The number of H-pyrrole nitrogens is 2. The Bertz CT molecular complexity index is 1770. The van der Waals surface area contributed by atoms with Crippen molar-refractivity contribution in [3.63, 3.8) is 0 Å². The fourth-order valence-electron chi connectivity index (χ4n) is 6.31. The summed E-state index contributed by atoms with van der Waals surface area (Å²) in [5.41, 5.74) is 5.18. The van der Waals surface area contributed by atoms with Crippen molar-refractivity contribution in [2.24, 2.45) is 7.05 Å². The first-order chi connectivity index (χ1) is 18.5. The van der Waals surface area contributed by atoms with Crippen molar-refractivity contribution in [3.05, 3.63) is 70.5 Å². The van der Waals surface area contributed by atoms with Gasteiger partial charge in [0.2, 0.25) is 0 Å². The van der Waals surface area contributed by atoms with E-state index in [2.05, 4.69) is 14.8 Å². The summed E-state index contributed by atoms with van der Waals surface area (Å²) in [6.07, 6.45) is 7.15. The highest BCUT2D eigenvalue weighted by Crippen LogP contribution is 2.39. The molecule has 0 atom stereocenters. The van der Waals surface area contributed by atoms with E-state index >= 15 is 4.39 Å². The summed E-state index contributed by atoms with van der Waals surface area (Å²) < 4.78 is 19.2. The number of rotatable bonds is 2. The molecule has 5 heterocycles. The van der Waals surface area contributed by atoms with Gasteiger partial charge in [0, 0.05) is 79.6 Å². The number of nitrogens with one attached hydrogen (secondary N) is 2. The third kappa shape index (κ3) is 3.48. The lowest BCUT2D eigenvalue weighted by atomic mass is 9.99. The molecule has 5 aromatic rings. The van der Waals surface area contributed by atoms with E-state index < -0.39 is 0 Å². The number of aromatic amines is 2. The summed E-state index contributed by atoms with van der Waals surface area (Å²) in [4.78, 5) is 30.3. The third-order valence-electron chi connectivity index (χ3n) is 8.10. The number of likely N-dealkylation sites (tertiary alicyclic amines) is 1. The van der Waals surface area contributed by atoms with Gasteiger partial charge < -0.3 is 18.9 Å². The SMILES string of the molecule is Cn1cc(-c2[nH][nH]c(=O)c2-c2cn3c4c(cc(F)cc24)CN(C(=O)N2CCCCC2)CC3)c2ccccc21. The summed E-state index contributed by atoms with van der Waals surface area (Å²) in [6, 6.07) is 11.1. The number of benzene rings is 2. The lowest BCUT2D eigenvalue weighted by Crippen LogP contribution is -2.45. The Hall–Kier alpha value is -4.27. The van der Waals surface area contributed by atoms with Gasteiger partial charge in [-0.15, -0.1) is 0 Å². The molecule has 3 aromatic heterocycles. The van der Waals surface area contributed by atoms with Gasteiger partial charge in [-0.05, 0) is 43.0 Å². The van der Waals surface area contributed by atoms with Crippen LogP contribution in [0.4, 0.5) is 9.18 Å². The molecule has 194 valence electrons. The van der Waals surface area contributed by atoms with Crippen LogP contribution in [0, 0.1) is 5.82 Å². The molecule has 0 unspecified atom stereocenters. The molecule has 2 N–H and O–H groups in total. The number of hydrogen-bond acceptors (Lipinski definition) is 2. The van der Waals surface area contributed by atoms with Crippen molar-refractivity contribution >= 4 is 27.8 Å². The Morgan fingerprint density at radius 3 is 2.55 bits per heavy atom. The fourth-order valence-corrected chi connectivity index (χ4v) is 6.31. The molecule has 1 saturated heterocycles. The van der Waals surface area contributed by atoms with Gasteiger partial charge >= 0.3 is 6.03 Å². The minimum atomic E-state index is -0.377. The van der Waals surface area contributed by atoms with Gasteiger partial charge in [-0.1, -0.05) is 18.2 Å². The minimum Gasteiger partial charge on any atom is -0.350 e. The summed E-state index contributed by atoms with van der Waals surface area (Å²) in [5.74, 6) is -0.377. The van der Waals surface area contributed by atoms with E-state index in [1.165, 1.54) is 12.1 Å². The maximum atomic E-state index is 15.1. The average Bonchev–Trinajstić information content (AvgIpc) is 3.54. The number of para-hydroxylation sites is 1. The summed E-state index contributed by atoms with van der Waals surface area (Å²) >= 11 is 0. The number of amides is 2. The number of nitrogens with zero attached hydrogens (tertiary/aromatic N) is 4. The van der Waals surface area contributed by atoms with Crippen LogP contribution in [0.2, 0.25) is 0 Å². The molecule has 0 saturated carbocycles. The van der Waals surface area contributed by atoms with Gasteiger partial charge in [-0.3, -0.25) is 15.0 Å². The first-order valence-electron chi connectivity index (χ1n) is 13.2. The lowest BCUT2D eigenvalue weighted by Gasteiger charge is -2.32. The Labute approximate surface area is 218 Å². The maximum absolute atomic E-state index is 15.1. The number of carbonyl (C=O) groups is 1. The molecule has 9 heteroatoms. The second kappa shape index (κ2) is 8.65. The third-order valence-corrected chi connectivity index (χ3v) is 8.10. The zero-order valence-electron chi connectivity index (χ0n) is 21.3. The number of carbonyl (C=O) groups excluding carboxylic acids is 1. The van der Waals surface area contributed by atoms with Gasteiger partial charge in [0.25, 0.3) is 5.56 Å². The first-order valence-corrected chi connectivity index (χ1v) is 13.2. The van der Waals surface area contributed by atoms with Crippen LogP contribution in [0.1, 0.15) is 24.8 Å². The van der Waals surface area contributed by atoms with Crippen molar-refractivity contribution in [2.45, 2.75) is 32.4 Å². The van der Waals surface area contributed by atoms with Crippen LogP contribution in [0.5, 0.6) is 0 Å². The highest BCUT2D eigenvalue weighted by Gasteiger charge is 2.29. The molecule has 8 nitrogen and oxygen atoms in total. The molecular formula is C29H29FN6O2. The molecule has 0 radical (unpaired) electrons. The van der Waals surface area contributed by atoms with Gasteiger partial charge in [0.1, 0.15) is 5.82 Å². The van der Waals surface area contributed by atoms with Crippen molar-refractivity contribution in [1.82, 2.24) is 29.1 Å². The zero-order valence-corrected chi connectivity index (χ0v) is 21.3. The van der Waals surface area contributed by atoms with E-state index in [-0.39, 0.29) is 17.4 Å². The van der Waals surface area contributed by atoms with Gasteiger partial charge in [0.15, 0.2) is 0 Å². The fraction of sp³-hybridized carbons (Fsp3) is 0.310. The zero-order chi connectivity index (χ0) is 26.0. The summed E-state index contributed by atoms with van der Waals surface area (Å²) in [7, 11) is 1.98. The molecular weight excluding hydrogens is 483 g/mol. The van der Waals surface area contributed by atoms with Gasteiger partial charge in [0.05, 0.1) is 16.8 Å². The van der Waals surface area contributed by atoms with Crippen LogP contribution in [-0.4, -0.2) is 54.8 Å². The standard InChI is InChI=1S/C29H29FN6O2/c1-33-16-23(20-7-3-4-8-24(20)33)26-25(28(37)32-31-26)22-17-35-11-12-36(29(38)34-9-5-2-6-10-34)15-18-13-19(30)14-21(22)27(18)35/h3-4,7-8,13-14,16-17H,2,5-6,9-12,15H2,1H3,(H2,31,32,37). The number of urea groups is 1. The van der Waals surface area contributed by atoms with Crippen molar-refractivity contribution < 1.29 is 9.18 Å². The van der Waals surface area contributed by atoms with E-state index in [1.807, 2.05) is 58.1 Å². The smallest absolute Gasteiger partial charge is 0.320 e. The second-order valence-electron chi connectivity index (χ2n) is 10.4. The number of piperidine rings is 1. The maximum Gasteiger partial charge on any atom is 0.320 e. The van der Waals surface area contributed by atoms with Crippen LogP contribution in [0.3, 0.4) is 0 Å². The molecule has 1 fully saturated rings. The Kier molecular flexibility index (Phi) is 5.21. The van der Waals surface area contributed by atoms with Crippen LogP contribution in [0.25, 0.3) is 44.2 Å². The molecule has 0 aliphatic carbocycles. The highest BCUT2D eigenvalue weighted by molar-refractivity contribution is 6.04. The van der Waals surface area contributed by atoms with Crippen molar-refractivity contribution in [1.29, 1.82) is 0 Å². The largest absolute Gasteiger partial charge is 0.350 e.